The molecule has 5 nitrogen and oxygen atoms in total. The minimum absolute atomic E-state index is 0.119. The molecule has 1 aliphatic heterocycles. The van der Waals surface area contributed by atoms with Crippen LogP contribution in [0.5, 0.6) is 0 Å². The van der Waals surface area contributed by atoms with Gasteiger partial charge in [0.25, 0.3) is 0 Å². The van der Waals surface area contributed by atoms with E-state index in [9.17, 15) is 4.79 Å². The summed E-state index contributed by atoms with van der Waals surface area (Å²) in [5.41, 5.74) is 2.49. The number of hydrogen-bond acceptors (Lipinski definition) is 4. The zero-order chi connectivity index (χ0) is 16.0. The summed E-state index contributed by atoms with van der Waals surface area (Å²) >= 11 is 6.27. The average Bonchev–Trinajstić information content (AvgIpc) is 2.92. The molecule has 114 valence electrons. The quantitative estimate of drug-likeness (QED) is 0.725. The van der Waals surface area contributed by atoms with E-state index in [0.717, 1.165) is 22.5 Å². The highest BCUT2D eigenvalue weighted by atomic mass is 35.5. The van der Waals surface area contributed by atoms with Gasteiger partial charge in [0.2, 0.25) is 5.84 Å². The van der Waals surface area contributed by atoms with Crippen LogP contribution in [0, 0.1) is 0 Å². The largest absolute Gasteiger partial charge is 0.291 e. The molecule has 2 aromatic carbocycles. The second-order valence-corrected chi connectivity index (χ2v) is 5.75. The van der Waals surface area contributed by atoms with Crippen LogP contribution in [0.4, 0.5) is 5.69 Å². The minimum Gasteiger partial charge on any atom is -0.291 e. The Morgan fingerprint density at radius 3 is 2.65 bits per heavy atom. The Balaban J connectivity index is 1.92. The van der Waals surface area contributed by atoms with Gasteiger partial charge in [0.1, 0.15) is 12.4 Å². The Bertz CT molecular complexity index is 960. The van der Waals surface area contributed by atoms with Crippen LogP contribution in [-0.4, -0.2) is 21.2 Å². The maximum atomic E-state index is 12.1. The van der Waals surface area contributed by atoms with Crippen molar-refractivity contribution in [2.45, 2.75) is 13.5 Å². The smallest absolute Gasteiger partial charge is 0.202 e. The number of hydrogen-bond donors (Lipinski definition) is 0. The molecule has 3 aromatic rings. The first kappa shape index (κ1) is 14.0. The van der Waals surface area contributed by atoms with Crippen LogP contribution >= 0.6 is 11.6 Å². The molecule has 0 atom stereocenters. The molecule has 1 aromatic heterocycles. The van der Waals surface area contributed by atoms with Gasteiger partial charge in [-0.3, -0.25) is 14.4 Å². The van der Waals surface area contributed by atoms with E-state index in [0.29, 0.717) is 17.4 Å². The molecule has 0 unspecified atom stereocenters. The van der Waals surface area contributed by atoms with E-state index in [1.807, 2.05) is 47.0 Å². The van der Waals surface area contributed by atoms with Gasteiger partial charge in [0, 0.05) is 6.92 Å². The van der Waals surface area contributed by atoms with Gasteiger partial charge >= 0.3 is 0 Å². The summed E-state index contributed by atoms with van der Waals surface area (Å²) in [6.45, 7) is 1.96. The van der Waals surface area contributed by atoms with Gasteiger partial charge in [0.15, 0.2) is 5.78 Å². The fourth-order valence-electron chi connectivity index (χ4n) is 2.77. The fraction of sp³-hybridized carbons (Fsp3) is 0.118. The lowest BCUT2D eigenvalue weighted by Crippen LogP contribution is -2.34. The van der Waals surface area contributed by atoms with Gasteiger partial charge < -0.3 is 0 Å². The molecule has 2 heterocycles. The second-order valence-electron chi connectivity index (χ2n) is 5.34. The van der Waals surface area contributed by atoms with E-state index in [-0.39, 0.29) is 5.78 Å². The molecule has 0 spiro atoms. The number of Topliss-reactive ketones (excluding diaryl/α,β-unsaturated/α-hetero) is 1. The van der Waals surface area contributed by atoms with Crippen LogP contribution in [0.1, 0.15) is 12.7 Å². The van der Waals surface area contributed by atoms with E-state index >= 15 is 0 Å². The molecule has 6 heteroatoms. The number of para-hydroxylation sites is 3. The van der Waals surface area contributed by atoms with Crippen LogP contribution in [0.25, 0.3) is 11.0 Å². The standard InChI is InChI=1S/C17H13ClN4O/c1-11(23)17-20-21(14-8-4-2-6-12(14)18)10-16-19-13-7-3-5-9-15(13)22(16)17/h2-9H,10H2,1H3. The number of anilines is 1. The summed E-state index contributed by atoms with van der Waals surface area (Å²) < 4.78 is 1.82. The van der Waals surface area contributed by atoms with Crippen LogP contribution in [0.2, 0.25) is 5.02 Å². The molecular formula is C17H13ClN4O. The Labute approximate surface area is 137 Å². The third-order valence-electron chi connectivity index (χ3n) is 3.79. The molecule has 0 saturated carbocycles. The maximum Gasteiger partial charge on any atom is 0.202 e. The van der Waals surface area contributed by atoms with E-state index in [1.165, 1.54) is 6.92 Å². The number of rotatable bonds is 2. The van der Waals surface area contributed by atoms with E-state index in [1.54, 1.807) is 11.1 Å². The van der Waals surface area contributed by atoms with E-state index in [4.69, 9.17) is 11.6 Å². The number of ketones is 1. The molecule has 0 radical (unpaired) electrons. The molecule has 0 N–H and O–H groups in total. The number of carbonyl (C=O) groups excluding carboxylic acids is 1. The predicted octanol–water partition coefficient (Wildman–Crippen LogP) is 3.46. The first-order chi connectivity index (χ1) is 11.1. The van der Waals surface area contributed by atoms with Crippen LogP contribution in [0.15, 0.2) is 53.6 Å². The third kappa shape index (κ3) is 2.21. The summed E-state index contributed by atoms with van der Waals surface area (Å²) in [4.78, 5) is 16.8. The third-order valence-corrected chi connectivity index (χ3v) is 4.11. The Morgan fingerprint density at radius 1 is 1.13 bits per heavy atom. The second kappa shape index (κ2) is 5.21. The highest BCUT2D eigenvalue weighted by Crippen LogP contribution is 2.30. The number of benzene rings is 2. The van der Waals surface area contributed by atoms with Crippen molar-refractivity contribution in [1.82, 2.24) is 9.55 Å². The lowest BCUT2D eigenvalue weighted by Gasteiger charge is -2.26. The van der Waals surface area contributed by atoms with Crippen LogP contribution in [0.3, 0.4) is 0 Å². The van der Waals surface area contributed by atoms with Gasteiger partial charge in [-0.05, 0) is 24.3 Å². The van der Waals surface area contributed by atoms with Crippen molar-refractivity contribution in [3.05, 3.63) is 59.4 Å². The molecule has 0 fully saturated rings. The van der Waals surface area contributed by atoms with Crippen molar-refractivity contribution in [2.75, 3.05) is 5.01 Å². The molecule has 23 heavy (non-hydrogen) atoms. The monoisotopic (exact) mass is 324 g/mol. The van der Waals surface area contributed by atoms with Crippen molar-refractivity contribution in [1.29, 1.82) is 0 Å². The van der Waals surface area contributed by atoms with Gasteiger partial charge in [0.05, 0.1) is 21.7 Å². The number of hydrazone groups is 1. The zero-order valence-electron chi connectivity index (χ0n) is 12.4. The van der Waals surface area contributed by atoms with Crippen molar-refractivity contribution in [2.24, 2.45) is 5.10 Å². The normalized spacial score (nSPS) is 13.8. The van der Waals surface area contributed by atoms with E-state index in [2.05, 4.69) is 10.1 Å². The highest BCUT2D eigenvalue weighted by Gasteiger charge is 2.26. The van der Waals surface area contributed by atoms with Gasteiger partial charge in [-0.2, -0.15) is 0 Å². The molecule has 0 saturated heterocycles. The molecule has 0 aliphatic carbocycles. The Morgan fingerprint density at radius 2 is 1.87 bits per heavy atom. The summed E-state index contributed by atoms with van der Waals surface area (Å²) in [6.07, 6.45) is 0. The number of fused-ring (bicyclic) bond motifs is 3. The average molecular weight is 325 g/mol. The summed E-state index contributed by atoms with van der Waals surface area (Å²) in [7, 11) is 0. The summed E-state index contributed by atoms with van der Waals surface area (Å²) in [5, 5.41) is 6.82. The van der Waals surface area contributed by atoms with Crippen LogP contribution in [-0.2, 0) is 11.3 Å². The number of nitrogens with zero attached hydrogens (tertiary/aromatic N) is 4. The summed E-state index contributed by atoms with van der Waals surface area (Å²) in [6, 6.07) is 15.2. The van der Waals surface area contributed by atoms with Crippen molar-refractivity contribution in [3.8, 4) is 0 Å². The predicted molar refractivity (Wildman–Crippen MR) is 90.9 cm³/mol. The summed E-state index contributed by atoms with van der Waals surface area (Å²) in [5.74, 6) is 0.998. The topological polar surface area (TPSA) is 50.5 Å². The highest BCUT2D eigenvalue weighted by molar-refractivity contribution is 6.40. The van der Waals surface area contributed by atoms with Gasteiger partial charge in [-0.1, -0.05) is 35.9 Å². The Kier molecular flexibility index (Phi) is 3.16. The molecule has 0 bridgehead atoms. The molecule has 1 aliphatic rings. The fourth-order valence-corrected chi connectivity index (χ4v) is 3.01. The first-order valence-electron chi connectivity index (χ1n) is 7.23. The van der Waals surface area contributed by atoms with Gasteiger partial charge in [-0.25, -0.2) is 4.98 Å². The maximum absolute atomic E-state index is 12.1. The number of carbonyl (C=O) groups is 1. The SMILES string of the molecule is CC(=O)C1=NN(c2ccccc2Cl)Cc2nc3ccccc3n21. The van der Waals surface area contributed by atoms with E-state index < -0.39 is 0 Å². The van der Waals surface area contributed by atoms with Crippen molar-refractivity contribution < 1.29 is 4.79 Å². The van der Waals surface area contributed by atoms with Crippen molar-refractivity contribution >= 4 is 39.9 Å². The lowest BCUT2D eigenvalue weighted by atomic mass is 10.3. The van der Waals surface area contributed by atoms with Crippen molar-refractivity contribution in [3.63, 3.8) is 0 Å². The molecule has 0 amide bonds. The lowest BCUT2D eigenvalue weighted by molar-refractivity contribution is -0.111. The number of halogens is 1. The molecule has 4 rings (SSSR count). The minimum atomic E-state index is -0.119. The number of aromatic nitrogens is 2. The molecular weight excluding hydrogens is 312 g/mol. The van der Waals surface area contributed by atoms with Crippen LogP contribution < -0.4 is 5.01 Å². The Hall–Kier alpha value is -2.66. The van der Waals surface area contributed by atoms with Gasteiger partial charge in [-0.15, -0.1) is 5.10 Å². The zero-order valence-corrected chi connectivity index (χ0v) is 13.2. The number of imidazole rings is 1. The first-order valence-corrected chi connectivity index (χ1v) is 7.61.